The second-order valence-corrected chi connectivity index (χ2v) is 6.39. The van der Waals surface area contributed by atoms with Gasteiger partial charge in [-0.15, -0.1) is 11.3 Å². The van der Waals surface area contributed by atoms with Gasteiger partial charge in [0.05, 0.1) is 4.88 Å². The van der Waals surface area contributed by atoms with E-state index in [0.717, 1.165) is 16.2 Å². The smallest absolute Gasteiger partial charge is 0.371 e. The molecule has 0 saturated heterocycles. The maximum absolute atomic E-state index is 12.0. The van der Waals surface area contributed by atoms with Crippen LogP contribution in [-0.2, 0) is 4.79 Å². The van der Waals surface area contributed by atoms with Crippen molar-refractivity contribution in [3.63, 3.8) is 0 Å². The number of aliphatic carboxylic acids is 1. The van der Waals surface area contributed by atoms with Crippen molar-refractivity contribution >= 4 is 23.1 Å². The highest BCUT2D eigenvalue weighted by Gasteiger charge is 2.12. The van der Waals surface area contributed by atoms with Gasteiger partial charge in [0.1, 0.15) is 11.5 Å². The molecule has 2 N–H and O–H groups in total. The van der Waals surface area contributed by atoms with E-state index in [1.54, 1.807) is 12.1 Å². The maximum Gasteiger partial charge on any atom is 0.371 e. The van der Waals surface area contributed by atoms with Crippen LogP contribution in [-0.4, -0.2) is 22.0 Å². The second-order valence-electron chi connectivity index (χ2n) is 5.30. The molecule has 0 fully saturated rings. The summed E-state index contributed by atoms with van der Waals surface area (Å²) in [6.07, 6.45) is 0.703. The Kier molecular flexibility index (Phi) is 5.15. The summed E-state index contributed by atoms with van der Waals surface area (Å²) < 4.78 is 5.74. The van der Waals surface area contributed by atoms with E-state index in [4.69, 9.17) is 14.9 Å². The summed E-state index contributed by atoms with van der Waals surface area (Å²) in [6.45, 7) is 0. The average Bonchev–Trinajstić information content (AvgIpc) is 3.13. The minimum Gasteiger partial charge on any atom is -0.502 e. The van der Waals surface area contributed by atoms with E-state index in [0.29, 0.717) is 16.7 Å². The number of rotatable bonds is 6. The standard InChI is InChI=1S/C20H14O5S/c21-16(12-17(22)20(23)24)19-11-10-18(26-19)13-6-8-15(9-7-13)25-14-4-2-1-3-5-14/h1-12,22H,(H,23,24). The zero-order chi connectivity index (χ0) is 18.5. The monoisotopic (exact) mass is 366 g/mol. The molecule has 1 aromatic heterocycles. The summed E-state index contributed by atoms with van der Waals surface area (Å²) >= 11 is 1.22. The fraction of sp³-hybridized carbons (Fsp3) is 0. The van der Waals surface area contributed by atoms with E-state index in [-0.39, 0.29) is 0 Å². The number of ether oxygens (including phenoxy) is 1. The minimum absolute atomic E-state index is 0.345. The number of carboxylic acids is 1. The summed E-state index contributed by atoms with van der Waals surface area (Å²) in [4.78, 5) is 23.7. The van der Waals surface area contributed by atoms with Gasteiger partial charge in [-0.2, -0.15) is 0 Å². The molecule has 3 aromatic rings. The molecular formula is C20H14O5S. The molecule has 26 heavy (non-hydrogen) atoms. The van der Waals surface area contributed by atoms with Crippen molar-refractivity contribution in [3.8, 4) is 21.9 Å². The van der Waals surface area contributed by atoms with Gasteiger partial charge in [0, 0.05) is 11.0 Å². The van der Waals surface area contributed by atoms with Gasteiger partial charge in [-0.05, 0) is 54.1 Å². The number of carboxylic acid groups (broad SMARTS) is 1. The van der Waals surface area contributed by atoms with E-state index in [9.17, 15) is 9.59 Å². The van der Waals surface area contributed by atoms with Crippen LogP contribution >= 0.6 is 11.3 Å². The van der Waals surface area contributed by atoms with Crippen LogP contribution in [0.1, 0.15) is 9.67 Å². The second kappa shape index (κ2) is 7.67. The predicted molar refractivity (Wildman–Crippen MR) is 98.9 cm³/mol. The van der Waals surface area contributed by atoms with Gasteiger partial charge < -0.3 is 14.9 Å². The van der Waals surface area contributed by atoms with Crippen molar-refractivity contribution in [1.82, 2.24) is 0 Å². The fourth-order valence-corrected chi connectivity index (χ4v) is 3.12. The molecule has 5 nitrogen and oxygen atoms in total. The lowest BCUT2D eigenvalue weighted by atomic mass is 10.2. The molecule has 0 saturated carbocycles. The zero-order valence-corrected chi connectivity index (χ0v) is 14.3. The van der Waals surface area contributed by atoms with Crippen molar-refractivity contribution in [3.05, 3.63) is 83.4 Å². The number of benzene rings is 2. The highest BCUT2D eigenvalue weighted by molar-refractivity contribution is 7.17. The first-order valence-electron chi connectivity index (χ1n) is 7.64. The van der Waals surface area contributed by atoms with Crippen LogP contribution in [0.4, 0.5) is 0 Å². The maximum atomic E-state index is 12.0. The largest absolute Gasteiger partial charge is 0.502 e. The number of hydrogen-bond donors (Lipinski definition) is 2. The molecule has 6 heteroatoms. The summed E-state index contributed by atoms with van der Waals surface area (Å²) in [5, 5.41) is 17.8. The topological polar surface area (TPSA) is 83.8 Å². The van der Waals surface area contributed by atoms with Crippen molar-refractivity contribution in [2.45, 2.75) is 0 Å². The molecule has 1 heterocycles. The molecule has 0 aliphatic heterocycles. The van der Waals surface area contributed by atoms with Crippen LogP contribution in [0.3, 0.4) is 0 Å². The van der Waals surface area contributed by atoms with Crippen LogP contribution in [0.2, 0.25) is 0 Å². The number of hydrogen-bond acceptors (Lipinski definition) is 5. The number of allylic oxidation sites excluding steroid dienone is 1. The molecule has 0 aliphatic carbocycles. The van der Waals surface area contributed by atoms with Gasteiger partial charge in [-0.1, -0.05) is 18.2 Å². The van der Waals surface area contributed by atoms with Crippen molar-refractivity contribution in [2.24, 2.45) is 0 Å². The van der Waals surface area contributed by atoms with E-state index in [1.807, 2.05) is 54.6 Å². The molecule has 0 amide bonds. The lowest BCUT2D eigenvalue weighted by molar-refractivity contribution is -0.135. The van der Waals surface area contributed by atoms with E-state index in [1.165, 1.54) is 11.3 Å². The predicted octanol–water partition coefficient (Wildman–Crippen LogP) is 4.92. The third kappa shape index (κ3) is 4.17. The Morgan fingerprint density at radius 1 is 0.846 bits per heavy atom. The Morgan fingerprint density at radius 3 is 2.15 bits per heavy atom. The Hall–Kier alpha value is -3.38. The van der Waals surface area contributed by atoms with Gasteiger partial charge in [0.25, 0.3) is 0 Å². The van der Waals surface area contributed by atoms with Crippen LogP contribution in [0.15, 0.2) is 78.6 Å². The highest BCUT2D eigenvalue weighted by atomic mass is 32.1. The third-order valence-electron chi connectivity index (χ3n) is 3.45. The molecule has 3 rings (SSSR count). The van der Waals surface area contributed by atoms with Crippen LogP contribution < -0.4 is 4.74 Å². The van der Waals surface area contributed by atoms with Crippen molar-refractivity contribution < 1.29 is 24.5 Å². The van der Waals surface area contributed by atoms with Crippen LogP contribution in [0, 0.1) is 0 Å². The lowest BCUT2D eigenvalue weighted by Gasteiger charge is -2.06. The number of para-hydroxylation sites is 1. The number of aliphatic hydroxyl groups excluding tert-OH is 1. The number of ketones is 1. The first-order chi connectivity index (χ1) is 12.5. The Morgan fingerprint density at radius 2 is 1.50 bits per heavy atom. The zero-order valence-electron chi connectivity index (χ0n) is 13.5. The molecule has 0 atom stereocenters. The molecule has 0 bridgehead atoms. The molecule has 130 valence electrons. The van der Waals surface area contributed by atoms with Crippen molar-refractivity contribution in [1.29, 1.82) is 0 Å². The Labute approximate surface area is 153 Å². The lowest BCUT2D eigenvalue weighted by Crippen LogP contribution is -2.02. The summed E-state index contributed by atoms with van der Waals surface area (Å²) in [5.41, 5.74) is 0.904. The van der Waals surface area contributed by atoms with Gasteiger partial charge in [-0.25, -0.2) is 4.79 Å². The molecule has 0 unspecified atom stereocenters. The Bertz CT molecular complexity index is 955. The first-order valence-corrected chi connectivity index (χ1v) is 8.46. The minimum atomic E-state index is -1.54. The fourth-order valence-electron chi connectivity index (χ4n) is 2.19. The summed E-state index contributed by atoms with van der Waals surface area (Å²) in [5.74, 6) is -1.63. The SMILES string of the molecule is O=C(O)C(O)=CC(=O)c1ccc(-c2ccc(Oc3ccccc3)cc2)s1. The molecule has 0 spiro atoms. The normalized spacial score (nSPS) is 11.2. The van der Waals surface area contributed by atoms with Gasteiger partial charge in [0.15, 0.2) is 5.78 Å². The van der Waals surface area contributed by atoms with Gasteiger partial charge in [0.2, 0.25) is 5.76 Å². The van der Waals surface area contributed by atoms with Crippen LogP contribution in [0.5, 0.6) is 11.5 Å². The summed E-state index contributed by atoms with van der Waals surface area (Å²) in [6, 6.07) is 20.2. The van der Waals surface area contributed by atoms with E-state index >= 15 is 0 Å². The van der Waals surface area contributed by atoms with Crippen molar-refractivity contribution in [2.75, 3.05) is 0 Å². The van der Waals surface area contributed by atoms with E-state index in [2.05, 4.69) is 0 Å². The Balaban J connectivity index is 1.74. The number of carbonyl (C=O) groups excluding carboxylic acids is 1. The summed E-state index contributed by atoms with van der Waals surface area (Å²) in [7, 11) is 0. The third-order valence-corrected chi connectivity index (χ3v) is 4.60. The first kappa shape index (κ1) is 17.4. The van der Waals surface area contributed by atoms with Gasteiger partial charge >= 0.3 is 5.97 Å². The molecule has 2 aromatic carbocycles. The molecule has 0 radical (unpaired) electrons. The highest BCUT2D eigenvalue weighted by Crippen LogP contribution is 2.31. The molecular weight excluding hydrogens is 352 g/mol. The number of carbonyl (C=O) groups is 2. The number of aliphatic hydroxyl groups is 1. The van der Waals surface area contributed by atoms with E-state index < -0.39 is 17.5 Å². The molecule has 0 aliphatic rings. The van der Waals surface area contributed by atoms with Crippen LogP contribution in [0.25, 0.3) is 10.4 Å². The number of thiophene rings is 1. The quantitative estimate of drug-likeness (QED) is 0.368. The average molecular weight is 366 g/mol. The van der Waals surface area contributed by atoms with Gasteiger partial charge in [-0.3, -0.25) is 4.79 Å².